The standard InChI is InChI=1S/C22H31N3O2S/c1-15(2)19-9-8-16(3)12-20(19)27-17(4)21(26)24-22-23-18(14-28-22)13-25-10-6-5-7-11-25/h8-9,12,14-15,17H,5-7,10-11,13H2,1-4H3,(H,23,24,26). The van der Waals surface area contributed by atoms with Gasteiger partial charge in [0, 0.05) is 11.9 Å². The second-order valence-electron chi connectivity index (χ2n) is 7.93. The van der Waals surface area contributed by atoms with E-state index in [4.69, 9.17) is 4.74 Å². The maximum Gasteiger partial charge on any atom is 0.266 e. The number of likely N-dealkylation sites (tertiary alicyclic amines) is 1. The van der Waals surface area contributed by atoms with E-state index in [0.717, 1.165) is 42.2 Å². The maximum absolute atomic E-state index is 12.6. The highest BCUT2D eigenvalue weighted by molar-refractivity contribution is 7.13. The van der Waals surface area contributed by atoms with Gasteiger partial charge in [0.25, 0.3) is 5.91 Å². The van der Waals surface area contributed by atoms with E-state index in [0.29, 0.717) is 11.0 Å². The Morgan fingerprint density at radius 2 is 2.00 bits per heavy atom. The van der Waals surface area contributed by atoms with Crippen LogP contribution < -0.4 is 10.1 Å². The number of nitrogens with one attached hydrogen (secondary N) is 1. The van der Waals surface area contributed by atoms with Crippen molar-refractivity contribution in [2.24, 2.45) is 0 Å². The third-order valence-electron chi connectivity index (χ3n) is 5.08. The summed E-state index contributed by atoms with van der Waals surface area (Å²) >= 11 is 1.48. The minimum atomic E-state index is -0.589. The van der Waals surface area contributed by atoms with E-state index in [9.17, 15) is 4.79 Å². The zero-order valence-corrected chi connectivity index (χ0v) is 18.1. The van der Waals surface area contributed by atoms with Gasteiger partial charge in [0.1, 0.15) is 5.75 Å². The summed E-state index contributed by atoms with van der Waals surface area (Å²) in [5.41, 5.74) is 3.26. The Labute approximate surface area is 172 Å². The molecule has 0 aliphatic carbocycles. The molecule has 28 heavy (non-hydrogen) atoms. The van der Waals surface area contributed by atoms with E-state index in [-0.39, 0.29) is 5.91 Å². The number of aromatic nitrogens is 1. The number of thiazole rings is 1. The molecule has 5 nitrogen and oxygen atoms in total. The first-order valence-corrected chi connectivity index (χ1v) is 11.0. The minimum Gasteiger partial charge on any atom is -0.481 e. The van der Waals surface area contributed by atoms with E-state index in [2.05, 4.69) is 41.2 Å². The second kappa shape index (κ2) is 9.52. The Bertz CT molecular complexity index is 797. The van der Waals surface area contributed by atoms with E-state index >= 15 is 0 Å². The number of hydrogen-bond donors (Lipinski definition) is 1. The summed E-state index contributed by atoms with van der Waals surface area (Å²) in [4.78, 5) is 19.6. The van der Waals surface area contributed by atoms with Gasteiger partial charge in [0.2, 0.25) is 0 Å². The van der Waals surface area contributed by atoms with Gasteiger partial charge >= 0.3 is 0 Å². The van der Waals surface area contributed by atoms with Crippen molar-refractivity contribution in [3.8, 4) is 5.75 Å². The summed E-state index contributed by atoms with van der Waals surface area (Å²) < 4.78 is 6.01. The van der Waals surface area contributed by atoms with Crippen LogP contribution in [0.3, 0.4) is 0 Å². The molecule has 1 unspecified atom stereocenters. The zero-order chi connectivity index (χ0) is 20.1. The highest BCUT2D eigenvalue weighted by Gasteiger charge is 2.19. The normalized spacial score (nSPS) is 16.2. The smallest absolute Gasteiger partial charge is 0.266 e. The molecular formula is C22H31N3O2S. The highest BCUT2D eigenvalue weighted by Crippen LogP contribution is 2.28. The van der Waals surface area contributed by atoms with Crippen LogP contribution in [0, 0.1) is 6.92 Å². The first kappa shape index (κ1) is 20.8. The average molecular weight is 402 g/mol. The molecule has 1 saturated heterocycles. The summed E-state index contributed by atoms with van der Waals surface area (Å²) in [7, 11) is 0. The number of carbonyl (C=O) groups excluding carboxylic acids is 1. The number of piperidine rings is 1. The lowest BCUT2D eigenvalue weighted by atomic mass is 10.0. The fourth-order valence-electron chi connectivity index (χ4n) is 3.46. The summed E-state index contributed by atoms with van der Waals surface area (Å²) in [5, 5.41) is 5.58. The number of benzene rings is 1. The van der Waals surface area contributed by atoms with Crippen LogP contribution in [0.4, 0.5) is 5.13 Å². The first-order valence-electron chi connectivity index (χ1n) is 10.2. The molecule has 0 saturated carbocycles. The largest absolute Gasteiger partial charge is 0.481 e. The van der Waals surface area contributed by atoms with Crippen LogP contribution in [-0.2, 0) is 11.3 Å². The fraction of sp³-hybridized carbons (Fsp3) is 0.545. The Kier molecular flexibility index (Phi) is 7.08. The van der Waals surface area contributed by atoms with E-state index in [1.807, 2.05) is 18.4 Å². The number of anilines is 1. The quantitative estimate of drug-likeness (QED) is 0.712. The molecule has 3 rings (SSSR count). The number of hydrogen-bond acceptors (Lipinski definition) is 5. The van der Waals surface area contributed by atoms with Crippen LogP contribution in [-0.4, -0.2) is 35.0 Å². The number of nitrogens with zero attached hydrogens (tertiary/aromatic N) is 2. The number of ether oxygens (including phenoxy) is 1. The molecule has 1 aliphatic heterocycles. The van der Waals surface area contributed by atoms with Crippen molar-refractivity contribution in [2.75, 3.05) is 18.4 Å². The van der Waals surface area contributed by atoms with Crippen molar-refractivity contribution in [1.82, 2.24) is 9.88 Å². The lowest BCUT2D eigenvalue weighted by Gasteiger charge is -2.25. The lowest BCUT2D eigenvalue weighted by Crippen LogP contribution is -2.30. The predicted octanol–water partition coefficient (Wildman–Crippen LogP) is 4.97. The number of amides is 1. The Morgan fingerprint density at radius 1 is 1.25 bits per heavy atom. The van der Waals surface area contributed by atoms with Crippen LogP contribution in [0.2, 0.25) is 0 Å². The first-order chi connectivity index (χ1) is 13.4. The fourth-order valence-corrected chi connectivity index (χ4v) is 4.16. The summed E-state index contributed by atoms with van der Waals surface area (Å²) in [6.07, 6.45) is 3.26. The molecule has 152 valence electrons. The van der Waals surface area contributed by atoms with E-state index in [1.165, 1.54) is 30.6 Å². The second-order valence-corrected chi connectivity index (χ2v) is 8.78. The van der Waals surface area contributed by atoms with Gasteiger partial charge in [-0.25, -0.2) is 4.98 Å². The van der Waals surface area contributed by atoms with Crippen molar-refractivity contribution in [1.29, 1.82) is 0 Å². The van der Waals surface area contributed by atoms with E-state index in [1.54, 1.807) is 6.92 Å². The zero-order valence-electron chi connectivity index (χ0n) is 17.3. The van der Waals surface area contributed by atoms with Crippen LogP contribution in [0.5, 0.6) is 5.75 Å². The Hall–Kier alpha value is -1.92. The van der Waals surface area contributed by atoms with Crippen LogP contribution in [0.1, 0.15) is 62.8 Å². The molecule has 1 aliphatic rings. The molecule has 0 spiro atoms. The molecule has 6 heteroatoms. The molecule has 1 fully saturated rings. The lowest BCUT2D eigenvalue weighted by molar-refractivity contribution is -0.122. The summed E-state index contributed by atoms with van der Waals surface area (Å²) in [6, 6.07) is 6.15. The van der Waals surface area contributed by atoms with Gasteiger partial charge in [0.05, 0.1) is 5.69 Å². The van der Waals surface area contributed by atoms with Crippen LogP contribution in [0.15, 0.2) is 23.6 Å². The van der Waals surface area contributed by atoms with Gasteiger partial charge in [-0.3, -0.25) is 15.0 Å². The van der Waals surface area contributed by atoms with Gasteiger partial charge in [0.15, 0.2) is 11.2 Å². The van der Waals surface area contributed by atoms with Gasteiger partial charge in [-0.2, -0.15) is 0 Å². The topological polar surface area (TPSA) is 54.5 Å². The van der Waals surface area contributed by atoms with Crippen molar-refractivity contribution in [3.63, 3.8) is 0 Å². The molecule has 2 heterocycles. The maximum atomic E-state index is 12.6. The summed E-state index contributed by atoms with van der Waals surface area (Å²) in [5.74, 6) is 0.944. The van der Waals surface area contributed by atoms with Crippen molar-refractivity contribution in [3.05, 3.63) is 40.4 Å². The van der Waals surface area contributed by atoms with Gasteiger partial charge in [-0.15, -0.1) is 11.3 Å². The van der Waals surface area contributed by atoms with Crippen molar-refractivity contribution < 1.29 is 9.53 Å². The van der Waals surface area contributed by atoms with Crippen LogP contribution in [0.25, 0.3) is 0 Å². The number of rotatable bonds is 7. The third kappa shape index (κ3) is 5.55. The molecule has 0 radical (unpaired) electrons. The predicted molar refractivity (Wildman–Crippen MR) is 115 cm³/mol. The molecule has 1 aromatic heterocycles. The third-order valence-corrected chi connectivity index (χ3v) is 5.89. The van der Waals surface area contributed by atoms with E-state index < -0.39 is 6.10 Å². The molecule has 1 aromatic carbocycles. The summed E-state index contributed by atoms with van der Waals surface area (Å²) in [6.45, 7) is 11.2. The molecule has 1 atom stereocenters. The highest BCUT2D eigenvalue weighted by atomic mass is 32.1. The Morgan fingerprint density at radius 3 is 2.71 bits per heavy atom. The molecule has 1 N–H and O–H groups in total. The monoisotopic (exact) mass is 401 g/mol. The number of aryl methyl sites for hydroxylation is 1. The molecule has 0 bridgehead atoms. The van der Waals surface area contributed by atoms with Gasteiger partial charge in [-0.1, -0.05) is 32.4 Å². The average Bonchev–Trinajstić information content (AvgIpc) is 3.09. The molecular weight excluding hydrogens is 370 g/mol. The van der Waals surface area contributed by atoms with Crippen LogP contribution >= 0.6 is 11.3 Å². The SMILES string of the molecule is Cc1ccc(C(C)C)c(OC(C)C(=O)Nc2nc(CN3CCCCC3)cs2)c1. The molecule has 1 amide bonds. The van der Waals surface area contributed by atoms with Gasteiger partial charge in [-0.05, 0) is 62.9 Å². The number of carbonyl (C=O) groups is 1. The van der Waals surface area contributed by atoms with Crippen molar-refractivity contribution >= 4 is 22.4 Å². The Balaban J connectivity index is 1.58. The molecule has 2 aromatic rings. The van der Waals surface area contributed by atoms with Crippen molar-refractivity contribution in [2.45, 2.75) is 65.5 Å². The van der Waals surface area contributed by atoms with Gasteiger partial charge < -0.3 is 4.74 Å². The minimum absolute atomic E-state index is 0.171.